The molecular weight excluding hydrogens is 576 g/mol. The maximum atomic E-state index is 6.52. The highest BCUT2D eigenvalue weighted by molar-refractivity contribution is 6.10. The minimum absolute atomic E-state index is 0.603. The van der Waals surface area contributed by atoms with Crippen molar-refractivity contribution in [3.8, 4) is 33.7 Å². The molecule has 0 aliphatic carbocycles. The van der Waals surface area contributed by atoms with Crippen molar-refractivity contribution in [2.45, 2.75) is 0 Å². The van der Waals surface area contributed by atoms with Crippen LogP contribution in [0.2, 0.25) is 0 Å². The lowest BCUT2D eigenvalue weighted by molar-refractivity contribution is 0.620. The third-order valence-electron chi connectivity index (χ3n) is 8.71. The summed E-state index contributed by atoms with van der Waals surface area (Å²) in [7, 11) is 0. The Labute approximate surface area is 271 Å². The van der Waals surface area contributed by atoms with Crippen LogP contribution in [0.5, 0.6) is 0 Å². The normalized spacial score (nSPS) is 11.4. The van der Waals surface area contributed by atoms with Gasteiger partial charge in [-0.15, -0.1) is 0 Å². The number of fused-ring (bicyclic) bond motifs is 4. The zero-order chi connectivity index (χ0) is 31.2. The highest BCUT2D eigenvalue weighted by Gasteiger charge is 2.20. The van der Waals surface area contributed by atoms with Crippen LogP contribution in [-0.4, -0.2) is 4.98 Å². The Kier molecular flexibility index (Phi) is 6.43. The number of furan rings is 1. The van der Waals surface area contributed by atoms with Crippen molar-refractivity contribution in [1.82, 2.24) is 4.98 Å². The fourth-order valence-electron chi connectivity index (χ4n) is 6.42. The van der Waals surface area contributed by atoms with Crippen molar-refractivity contribution in [2.24, 2.45) is 0 Å². The molecule has 2 aromatic heterocycles. The Morgan fingerprint density at radius 3 is 1.74 bits per heavy atom. The number of aromatic nitrogens is 1. The van der Waals surface area contributed by atoms with Crippen LogP contribution in [0.4, 0.5) is 17.1 Å². The lowest BCUT2D eigenvalue weighted by Crippen LogP contribution is -2.11. The summed E-state index contributed by atoms with van der Waals surface area (Å²) in [6.45, 7) is 0. The second kappa shape index (κ2) is 11.2. The highest BCUT2D eigenvalue weighted by Crippen LogP contribution is 2.43. The molecule has 0 spiro atoms. The lowest BCUT2D eigenvalue weighted by Gasteiger charge is -2.28. The van der Waals surface area contributed by atoms with Crippen molar-refractivity contribution in [3.05, 3.63) is 170 Å². The number of nitrogens with zero attached hydrogens (tertiary/aromatic N) is 2. The zero-order valence-electron chi connectivity index (χ0n) is 25.4. The number of rotatable bonds is 6. The predicted octanol–water partition coefficient (Wildman–Crippen LogP) is 12.2. The summed E-state index contributed by atoms with van der Waals surface area (Å²) in [5.41, 5.74) is 11.8. The predicted molar refractivity (Wildman–Crippen MR) is 192 cm³/mol. The minimum Gasteiger partial charge on any atom is -0.456 e. The summed E-state index contributed by atoms with van der Waals surface area (Å²) >= 11 is 0. The van der Waals surface area contributed by atoms with Gasteiger partial charge in [0.2, 0.25) is 5.89 Å². The van der Waals surface area contributed by atoms with E-state index in [1.54, 1.807) is 0 Å². The van der Waals surface area contributed by atoms with E-state index in [0.29, 0.717) is 5.89 Å². The van der Waals surface area contributed by atoms with Gasteiger partial charge in [0.05, 0.1) is 5.69 Å². The number of hydrogen-bond acceptors (Lipinski definition) is 4. The largest absolute Gasteiger partial charge is 0.456 e. The van der Waals surface area contributed by atoms with Crippen LogP contribution in [0.1, 0.15) is 0 Å². The number of para-hydroxylation sites is 1. The molecule has 0 saturated heterocycles. The van der Waals surface area contributed by atoms with Crippen LogP contribution in [0, 0.1) is 0 Å². The Bertz CT molecular complexity index is 2500. The van der Waals surface area contributed by atoms with E-state index in [1.807, 2.05) is 48.5 Å². The first-order valence-electron chi connectivity index (χ1n) is 15.7. The van der Waals surface area contributed by atoms with E-state index in [2.05, 4.69) is 126 Å². The molecule has 0 N–H and O–H groups in total. The fourth-order valence-corrected chi connectivity index (χ4v) is 6.42. The van der Waals surface area contributed by atoms with Crippen LogP contribution in [0.25, 0.3) is 66.7 Å². The van der Waals surface area contributed by atoms with Gasteiger partial charge in [0.1, 0.15) is 16.7 Å². The molecule has 4 heteroatoms. The molecule has 9 aromatic rings. The first kappa shape index (κ1) is 27.0. The average Bonchev–Trinajstić information content (AvgIpc) is 3.72. The van der Waals surface area contributed by atoms with Crippen molar-refractivity contribution >= 4 is 50.1 Å². The second-order valence-corrected chi connectivity index (χ2v) is 11.6. The molecule has 9 rings (SSSR count). The molecular formula is C43H28N2O2. The summed E-state index contributed by atoms with van der Waals surface area (Å²) in [5, 5.41) is 2.03. The summed E-state index contributed by atoms with van der Waals surface area (Å²) in [6, 6.07) is 58.8. The van der Waals surface area contributed by atoms with Gasteiger partial charge in [-0.1, -0.05) is 109 Å². The second-order valence-electron chi connectivity index (χ2n) is 11.6. The lowest BCUT2D eigenvalue weighted by atomic mass is 10.0. The van der Waals surface area contributed by atoms with Crippen LogP contribution in [-0.2, 0) is 0 Å². The first-order chi connectivity index (χ1) is 23.3. The third kappa shape index (κ3) is 4.84. The van der Waals surface area contributed by atoms with Gasteiger partial charge in [-0.2, -0.15) is 0 Å². The van der Waals surface area contributed by atoms with Crippen molar-refractivity contribution < 1.29 is 8.83 Å². The van der Waals surface area contributed by atoms with Gasteiger partial charge in [-0.05, 0) is 65.2 Å². The molecule has 222 valence electrons. The Morgan fingerprint density at radius 1 is 0.404 bits per heavy atom. The van der Waals surface area contributed by atoms with Gasteiger partial charge < -0.3 is 13.7 Å². The summed E-state index contributed by atoms with van der Waals surface area (Å²) in [4.78, 5) is 7.07. The summed E-state index contributed by atoms with van der Waals surface area (Å²) in [5.74, 6) is 0.603. The summed E-state index contributed by atoms with van der Waals surface area (Å²) < 4.78 is 12.7. The minimum atomic E-state index is 0.603. The van der Waals surface area contributed by atoms with Crippen LogP contribution >= 0.6 is 0 Å². The van der Waals surface area contributed by atoms with E-state index in [1.165, 1.54) is 11.1 Å². The number of hydrogen-bond donors (Lipinski definition) is 0. The first-order valence-corrected chi connectivity index (χ1v) is 15.7. The van der Waals surface area contributed by atoms with Crippen LogP contribution in [0.15, 0.2) is 179 Å². The molecule has 0 saturated carbocycles. The van der Waals surface area contributed by atoms with Gasteiger partial charge in [0, 0.05) is 45.4 Å². The van der Waals surface area contributed by atoms with E-state index in [-0.39, 0.29) is 0 Å². The molecule has 0 radical (unpaired) electrons. The third-order valence-corrected chi connectivity index (χ3v) is 8.71. The van der Waals surface area contributed by atoms with E-state index in [9.17, 15) is 0 Å². The Hall–Kier alpha value is -6.39. The molecule has 7 aromatic carbocycles. The Morgan fingerprint density at radius 2 is 1.00 bits per heavy atom. The van der Waals surface area contributed by atoms with E-state index in [4.69, 9.17) is 13.8 Å². The van der Waals surface area contributed by atoms with Crippen molar-refractivity contribution in [2.75, 3.05) is 4.90 Å². The molecule has 0 atom stereocenters. The molecule has 0 bridgehead atoms. The van der Waals surface area contributed by atoms with E-state index < -0.39 is 0 Å². The average molecular weight is 605 g/mol. The zero-order valence-corrected chi connectivity index (χ0v) is 25.4. The fraction of sp³-hybridized carbons (Fsp3) is 0. The monoisotopic (exact) mass is 604 g/mol. The topological polar surface area (TPSA) is 42.4 Å². The number of anilines is 3. The van der Waals surface area contributed by atoms with Gasteiger partial charge in [0.25, 0.3) is 0 Å². The van der Waals surface area contributed by atoms with E-state index >= 15 is 0 Å². The maximum absolute atomic E-state index is 6.52. The smallest absolute Gasteiger partial charge is 0.227 e. The molecule has 0 aliphatic rings. The molecule has 4 nitrogen and oxygen atoms in total. The van der Waals surface area contributed by atoms with E-state index in [0.717, 1.165) is 66.8 Å². The van der Waals surface area contributed by atoms with Gasteiger partial charge in [-0.3, -0.25) is 0 Å². The molecule has 0 unspecified atom stereocenters. The maximum Gasteiger partial charge on any atom is 0.227 e. The van der Waals surface area contributed by atoms with Gasteiger partial charge >= 0.3 is 0 Å². The van der Waals surface area contributed by atoms with Crippen molar-refractivity contribution in [1.29, 1.82) is 0 Å². The molecule has 2 heterocycles. The molecule has 0 amide bonds. The van der Waals surface area contributed by atoms with Gasteiger partial charge in [0.15, 0.2) is 5.58 Å². The standard InChI is InChI=1S/C43H28N2O2/c1-4-12-29(13-5-1)30-20-22-33(23-21-30)45(39-19-11-10-18-35(39)31-14-6-2-7-15-31)34-24-25-36-37-27-42-38(28-41(37)46-40(36)26-34)44-43(47-42)32-16-8-3-9-17-32/h1-28H. The van der Waals surface area contributed by atoms with Crippen LogP contribution < -0.4 is 4.90 Å². The quantitative estimate of drug-likeness (QED) is 0.189. The SMILES string of the molecule is c1ccc(-c2ccc(N(c3ccc4c(c3)oc3cc5nc(-c6ccccc6)oc5cc34)c3ccccc3-c3ccccc3)cc2)cc1. The van der Waals surface area contributed by atoms with Gasteiger partial charge in [-0.25, -0.2) is 4.98 Å². The van der Waals surface area contributed by atoms with Crippen molar-refractivity contribution in [3.63, 3.8) is 0 Å². The number of oxazole rings is 1. The molecule has 47 heavy (non-hydrogen) atoms. The summed E-state index contributed by atoms with van der Waals surface area (Å²) in [6.07, 6.45) is 0. The van der Waals surface area contributed by atoms with Crippen LogP contribution in [0.3, 0.4) is 0 Å². The molecule has 0 fully saturated rings. The Balaban J connectivity index is 1.18. The highest BCUT2D eigenvalue weighted by atomic mass is 16.4. The molecule has 0 aliphatic heterocycles. The number of benzene rings is 7.